The third kappa shape index (κ3) is 24.4. The van der Waals surface area contributed by atoms with Crippen molar-refractivity contribution in [3.8, 4) is 0 Å². The highest BCUT2D eigenvalue weighted by Gasteiger charge is 2.44. The number of hydrogen-bond acceptors (Lipinski definition) is 29. The zero-order valence-electron chi connectivity index (χ0n) is 44.7. The molecule has 482 valence electrons. The maximum atomic E-state index is 13.0. The molecule has 2 saturated heterocycles. The minimum atomic E-state index is -4.89. The second kappa shape index (κ2) is 32.1. The van der Waals surface area contributed by atoms with Crippen LogP contribution in [0.4, 0.5) is 5.95 Å². The Morgan fingerprint density at radius 3 is 1.48 bits per heavy atom. The van der Waals surface area contributed by atoms with Crippen LogP contribution < -0.4 is 22.5 Å². The summed E-state index contributed by atoms with van der Waals surface area (Å²) in [7, 11) is -28.6. The summed E-state index contributed by atoms with van der Waals surface area (Å²) in [5.74, 6) is -0.211. The van der Waals surface area contributed by atoms with E-state index in [9.17, 15) is 81.1 Å². The number of hydrogen-bond donors (Lipinski definition) is 11. The maximum Gasteiger partial charge on any atom is 0.474 e. The average Bonchev–Trinajstić information content (AvgIpc) is 2.10. The number of aromatic nitrogens is 6. The third-order valence-corrected chi connectivity index (χ3v) is 20.5. The number of nitrogens with zero attached hydrogens (tertiary/aromatic N) is 4. The van der Waals surface area contributed by atoms with Crippen molar-refractivity contribution in [2.45, 2.75) is 108 Å². The van der Waals surface area contributed by atoms with Gasteiger partial charge in [-0.1, -0.05) is 13.8 Å². The molecule has 2 aliphatic heterocycles. The molecule has 0 bridgehead atoms. The molecule has 13 atom stereocenters. The van der Waals surface area contributed by atoms with Gasteiger partial charge in [-0.15, -0.1) is 0 Å². The molecule has 0 aromatic carbocycles. The quantitative estimate of drug-likeness (QED) is 0.0287. The fourth-order valence-corrected chi connectivity index (χ4v) is 12.8. The Hall–Kier alpha value is -2.06. The van der Waals surface area contributed by atoms with E-state index in [1.165, 1.54) is 24.0 Å². The molecular formula is C37H66N7O32P7S. The van der Waals surface area contributed by atoms with Crippen LogP contribution in [0.2, 0.25) is 0 Å². The van der Waals surface area contributed by atoms with Crippen LogP contribution in [0.1, 0.15) is 76.8 Å². The van der Waals surface area contributed by atoms with Gasteiger partial charge in [-0.3, -0.25) is 83.0 Å². The molecule has 84 heavy (non-hydrogen) atoms. The van der Waals surface area contributed by atoms with E-state index in [0.717, 1.165) is 4.57 Å². The van der Waals surface area contributed by atoms with Gasteiger partial charge in [0, 0.05) is 30.3 Å². The summed E-state index contributed by atoms with van der Waals surface area (Å²) in [4.78, 5) is 119. The van der Waals surface area contributed by atoms with Crippen molar-refractivity contribution in [1.82, 2.24) is 29.1 Å². The first-order valence-electron chi connectivity index (χ1n) is 24.9. The molecule has 0 saturated carbocycles. The van der Waals surface area contributed by atoms with Crippen molar-refractivity contribution in [2.75, 3.05) is 78.4 Å². The van der Waals surface area contributed by atoms with Crippen LogP contribution in [-0.4, -0.2) is 171 Å². The predicted octanol–water partition coefficient (Wildman–Crippen LogP) is 2.30. The maximum absolute atomic E-state index is 13.0. The third-order valence-electron chi connectivity index (χ3n) is 11.0. The number of aromatic amines is 2. The first-order valence-corrected chi connectivity index (χ1v) is 36.6. The number of aliphatic hydroxyl groups is 1. The monoisotopic (exact) mass is 1370 g/mol. The number of anilines is 1. The molecule has 0 radical (unpaired) electrons. The number of aliphatic hydroxyl groups excluding tert-OH is 1. The summed E-state index contributed by atoms with van der Waals surface area (Å²) in [5.41, 5.74) is 3.27. The van der Waals surface area contributed by atoms with Gasteiger partial charge in [0.25, 0.3) is 11.1 Å². The van der Waals surface area contributed by atoms with Gasteiger partial charge in [0.1, 0.15) is 30.8 Å². The van der Waals surface area contributed by atoms with E-state index in [-0.39, 0.29) is 74.2 Å². The van der Waals surface area contributed by atoms with E-state index >= 15 is 0 Å². The van der Waals surface area contributed by atoms with Crippen molar-refractivity contribution < 1.29 is 135 Å². The van der Waals surface area contributed by atoms with Crippen LogP contribution in [0.15, 0.2) is 26.9 Å². The van der Waals surface area contributed by atoms with Gasteiger partial charge in [0.05, 0.1) is 79.0 Å². The molecule has 3 aromatic heterocycles. The van der Waals surface area contributed by atoms with Crippen LogP contribution in [-0.2, 0) is 107 Å². The normalized spacial score (nSPS) is 24.5. The number of phosphoric acid groups is 6. The summed E-state index contributed by atoms with van der Waals surface area (Å²) >= 11 is 5.19. The zero-order valence-corrected chi connectivity index (χ0v) is 51.8. The molecule has 39 nitrogen and oxygen atoms in total. The molecule has 0 amide bonds. The number of ether oxygens (including phenoxy) is 2. The zero-order chi connectivity index (χ0) is 62.3. The first kappa shape index (κ1) is 72.7. The van der Waals surface area contributed by atoms with Crippen molar-refractivity contribution in [2.24, 2.45) is 0 Å². The van der Waals surface area contributed by atoms with Crippen molar-refractivity contribution in [3.05, 3.63) is 49.3 Å². The van der Waals surface area contributed by atoms with Gasteiger partial charge >= 0.3 is 52.6 Å². The van der Waals surface area contributed by atoms with E-state index in [0.29, 0.717) is 0 Å². The summed E-state index contributed by atoms with van der Waals surface area (Å²) < 4.78 is 152. The number of aryl methyl sites for hydroxylation is 1. The number of imidazole rings is 1. The van der Waals surface area contributed by atoms with Crippen LogP contribution in [0.3, 0.4) is 0 Å². The Morgan fingerprint density at radius 2 is 1.04 bits per heavy atom. The number of nitrogens with two attached hydrogens (primary N) is 1. The number of rotatable bonds is 40. The highest BCUT2D eigenvalue weighted by molar-refractivity contribution is 8.09. The van der Waals surface area contributed by atoms with E-state index in [2.05, 4.69) is 19.9 Å². The minimum absolute atomic E-state index is 0.0417. The van der Waals surface area contributed by atoms with E-state index in [1.54, 1.807) is 13.8 Å². The van der Waals surface area contributed by atoms with Crippen molar-refractivity contribution >= 4 is 82.3 Å². The molecule has 3 aromatic rings. The van der Waals surface area contributed by atoms with Gasteiger partial charge in [-0.2, -0.15) is 4.98 Å². The summed E-state index contributed by atoms with van der Waals surface area (Å²) in [6.07, 6.45) is -6.79. The molecule has 11 unspecified atom stereocenters. The molecule has 0 spiro atoms. The minimum Gasteiger partial charge on any atom is -0.388 e. The lowest BCUT2D eigenvalue weighted by Crippen LogP contribution is -2.33. The van der Waals surface area contributed by atoms with E-state index < -0.39 is 179 Å². The Labute approximate surface area is 481 Å². The molecule has 2 fully saturated rings. The van der Waals surface area contributed by atoms with Crippen LogP contribution in [0, 0.1) is 6.92 Å². The van der Waals surface area contributed by atoms with Crippen LogP contribution in [0.25, 0.3) is 11.2 Å². The van der Waals surface area contributed by atoms with Crippen LogP contribution in [0.5, 0.6) is 0 Å². The van der Waals surface area contributed by atoms with Gasteiger partial charge in [0.2, 0.25) is 5.95 Å². The molecule has 12 N–H and O–H groups in total. The van der Waals surface area contributed by atoms with Gasteiger partial charge in [-0.05, 0) is 50.8 Å². The van der Waals surface area contributed by atoms with Crippen molar-refractivity contribution in [1.29, 1.82) is 0 Å². The largest absolute Gasteiger partial charge is 0.474 e. The number of fused-ring (bicyclic) bond motifs is 1. The Balaban J connectivity index is 0.868. The summed E-state index contributed by atoms with van der Waals surface area (Å²) in [6.45, 7) is -4.28. The second-order valence-electron chi connectivity index (χ2n) is 18.0. The predicted molar refractivity (Wildman–Crippen MR) is 287 cm³/mol. The fourth-order valence-electron chi connectivity index (χ4n) is 6.91. The molecule has 0 aliphatic carbocycles. The topological polar surface area (TPSA) is 547 Å². The fraction of sp³-hybridized carbons (Fsp3) is 0.757. The van der Waals surface area contributed by atoms with Gasteiger partial charge in [-0.25, -0.2) is 37.2 Å². The number of phosphoric ester groups is 6. The smallest absolute Gasteiger partial charge is 0.388 e. The lowest BCUT2D eigenvalue weighted by molar-refractivity contribution is -0.137. The lowest BCUT2D eigenvalue weighted by atomic mass is 10.2. The summed E-state index contributed by atoms with van der Waals surface area (Å²) in [6, 6.07) is 0. The Bertz CT molecular complexity index is 3190. The molecule has 5 rings (SSSR count). The van der Waals surface area contributed by atoms with Gasteiger partial charge < -0.3 is 59.1 Å². The molecule has 5 heterocycles. The second-order valence-corrected chi connectivity index (χ2v) is 30.6. The highest BCUT2D eigenvalue weighted by atomic mass is 32.5. The molecule has 47 heteroatoms. The molecular weight excluding hydrogens is 1300 g/mol. The highest BCUT2D eigenvalue weighted by Crippen LogP contribution is 2.53. The lowest BCUT2D eigenvalue weighted by Gasteiger charge is -2.25. The van der Waals surface area contributed by atoms with Crippen LogP contribution >= 0.6 is 53.4 Å². The number of nitrogen functional groups attached to an aromatic ring is 1. The Morgan fingerprint density at radius 1 is 0.619 bits per heavy atom. The number of nitrogens with one attached hydrogen (secondary N) is 2. The van der Waals surface area contributed by atoms with Crippen molar-refractivity contribution in [3.63, 3.8) is 0 Å². The summed E-state index contributed by atoms with van der Waals surface area (Å²) in [5, 5.41) is 10.2. The molecule has 2 aliphatic rings. The van der Waals surface area contributed by atoms with Gasteiger partial charge in [0.15, 0.2) is 23.9 Å². The van der Waals surface area contributed by atoms with E-state index in [1.807, 2.05) is 0 Å². The SMILES string of the molecule is Cc1cn([C@@H]2CC(O)[C@H](OP(=O)(O)OCCCOP(=O)(O)OCCCOP(=O)(O)OCCCOP(=O)(O)OCCCOP(=O)(O)OCCCOP(=O)(O)OC3CC(n4cnc5c(=O)[nH]c(N)nc54)OC3COP(O)(=S)C(C)C)O2)c(=O)[nH]c1=O. The first-order chi connectivity index (χ1) is 39.1. The Kier molecular flexibility index (Phi) is 27.8. The van der Waals surface area contributed by atoms with E-state index in [4.69, 9.17) is 85.8 Å². The average molecular weight is 1370 g/mol. The number of H-pyrrole nitrogens is 2. The standard InChI is InChI=1S/C37H66N7O32P7S/c1-24(2)77(49,84)72-22-28-27(20-30(73-28)44-23-39-31-32(44)40-36(38)41-34(31)47)75-82(58,59)70-17-7-15-68-80(54,55)66-13-5-11-64-78(50,51)62-9-4-10-63-79(52,53)65-12-6-14-67-81(56,57)69-16-8-18-71-83(60,61)76-35-26(45)19-29(74-35)43-21-25(3)33(46)42-37(43)48/h21,23-24,26-30,35,45H,4-20,22H2,1-3H3,(H,49,84)(H,50,51)(H,52,53)(H,54,55)(H,56,57)(H,58,59)(H,60,61)(H,42,46,48)(H3,38,40,41,47)/t26?,27?,28?,29-,30?,35-,77?/m0/s1.